The van der Waals surface area contributed by atoms with Crippen LogP contribution in [0.3, 0.4) is 0 Å². The van der Waals surface area contributed by atoms with Crippen molar-refractivity contribution in [1.82, 2.24) is 19.5 Å². The van der Waals surface area contributed by atoms with Gasteiger partial charge in [0.25, 0.3) is 0 Å². The highest BCUT2D eigenvalue weighted by Gasteiger charge is 2.28. The number of carbonyl (C=O) groups excluding carboxylic acids is 1. The number of nitrogens with zero attached hydrogens (tertiary/aromatic N) is 4. The van der Waals surface area contributed by atoms with Crippen molar-refractivity contribution in [3.63, 3.8) is 0 Å². The predicted molar refractivity (Wildman–Crippen MR) is 121 cm³/mol. The number of aromatic nitrogens is 3. The molecule has 170 valence electrons. The second kappa shape index (κ2) is 8.68. The van der Waals surface area contributed by atoms with Crippen LogP contribution in [0.1, 0.15) is 45.2 Å². The molecule has 0 atom stereocenters. The lowest BCUT2D eigenvalue weighted by Gasteiger charge is -2.33. The van der Waals surface area contributed by atoms with Crippen LogP contribution in [-0.2, 0) is 4.74 Å². The highest BCUT2D eigenvalue weighted by Crippen LogP contribution is 2.33. The zero-order chi connectivity index (χ0) is 22.9. The Balaban J connectivity index is 1.56. The van der Waals surface area contributed by atoms with Gasteiger partial charge < -0.3 is 19.1 Å². The maximum Gasteiger partial charge on any atom is 0.410 e. The number of carbonyl (C=O) groups is 1. The molecule has 1 fully saturated rings. The standard InChI is InChI=1S/C24H30N4O4/c1-24(2,3)32-23(29)27-12-9-16(10-13-27)19-8-11-25-22-15-18(26-28(19)22)17-6-7-20(30-4)21(14-17)31-5/h6-8,11,14-16H,9-10,12-13H2,1-5H3. The Labute approximate surface area is 188 Å². The molecule has 1 amide bonds. The van der Waals surface area contributed by atoms with Crippen molar-refractivity contribution in [3.05, 3.63) is 42.2 Å². The Kier molecular flexibility index (Phi) is 5.95. The SMILES string of the molecule is COc1ccc(-c2cc3nccc(C4CCN(C(=O)OC(C)(C)C)CC4)n3n2)cc1OC. The molecular weight excluding hydrogens is 408 g/mol. The number of hydrogen-bond donors (Lipinski definition) is 0. The quantitative estimate of drug-likeness (QED) is 0.596. The molecule has 32 heavy (non-hydrogen) atoms. The van der Waals surface area contributed by atoms with Gasteiger partial charge in [0, 0.05) is 42.5 Å². The number of rotatable bonds is 4. The minimum absolute atomic E-state index is 0.245. The van der Waals surface area contributed by atoms with Crippen molar-refractivity contribution in [1.29, 1.82) is 0 Å². The van der Waals surface area contributed by atoms with E-state index in [1.54, 1.807) is 19.1 Å². The average molecular weight is 439 g/mol. The summed E-state index contributed by atoms with van der Waals surface area (Å²) in [5.74, 6) is 1.62. The number of piperidine rings is 1. The van der Waals surface area contributed by atoms with Gasteiger partial charge in [-0.2, -0.15) is 5.10 Å². The number of fused-ring (bicyclic) bond motifs is 1. The van der Waals surface area contributed by atoms with Crippen LogP contribution < -0.4 is 9.47 Å². The summed E-state index contributed by atoms with van der Waals surface area (Å²) < 4.78 is 18.2. The minimum Gasteiger partial charge on any atom is -0.493 e. The van der Waals surface area contributed by atoms with Crippen LogP contribution in [0.4, 0.5) is 4.79 Å². The fourth-order valence-electron chi connectivity index (χ4n) is 4.04. The lowest BCUT2D eigenvalue weighted by Crippen LogP contribution is -2.41. The van der Waals surface area contributed by atoms with Gasteiger partial charge in [0.2, 0.25) is 0 Å². The zero-order valence-electron chi connectivity index (χ0n) is 19.3. The molecule has 1 aliphatic heterocycles. The lowest BCUT2D eigenvalue weighted by atomic mass is 9.93. The number of likely N-dealkylation sites (tertiary alicyclic amines) is 1. The van der Waals surface area contributed by atoms with E-state index in [9.17, 15) is 4.79 Å². The first-order valence-electron chi connectivity index (χ1n) is 10.8. The van der Waals surface area contributed by atoms with E-state index in [1.165, 1.54) is 0 Å². The van der Waals surface area contributed by atoms with Gasteiger partial charge in [-0.15, -0.1) is 0 Å². The summed E-state index contributed by atoms with van der Waals surface area (Å²) in [6.45, 7) is 6.98. The molecule has 8 heteroatoms. The first-order valence-corrected chi connectivity index (χ1v) is 10.8. The van der Waals surface area contributed by atoms with Crippen molar-refractivity contribution >= 4 is 11.7 Å². The Bertz CT molecular complexity index is 1110. The smallest absolute Gasteiger partial charge is 0.410 e. The molecule has 1 aliphatic rings. The maximum atomic E-state index is 12.4. The van der Waals surface area contributed by atoms with Crippen molar-refractivity contribution < 1.29 is 19.0 Å². The lowest BCUT2D eigenvalue weighted by molar-refractivity contribution is 0.0203. The third-order valence-corrected chi connectivity index (χ3v) is 5.63. The van der Waals surface area contributed by atoms with Crippen LogP contribution in [0.25, 0.3) is 16.9 Å². The minimum atomic E-state index is -0.485. The molecule has 0 saturated carbocycles. The van der Waals surface area contributed by atoms with Crippen molar-refractivity contribution in [2.75, 3.05) is 27.3 Å². The van der Waals surface area contributed by atoms with Crippen LogP contribution in [-0.4, -0.2) is 58.5 Å². The third kappa shape index (κ3) is 4.49. The van der Waals surface area contributed by atoms with Crippen LogP contribution in [0, 0.1) is 0 Å². The number of methoxy groups -OCH3 is 2. The van der Waals surface area contributed by atoms with E-state index in [0.717, 1.165) is 35.4 Å². The average Bonchev–Trinajstić information content (AvgIpc) is 3.22. The fraction of sp³-hybridized carbons (Fsp3) is 0.458. The molecular formula is C24H30N4O4. The highest BCUT2D eigenvalue weighted by molar-refractivity contribution is 5.68. The molecule has 0 aliphatic carbocycles. The van der Waals surface area contributed by atoms with Gasteiger partial charge in [0.05, 0.1) is 19.9 Å². The number of hydrogen-bond acceptors (Lipinski definition) is 6. The maximum absolute atomic E-state index is 12.4. The van der Waals surface area contributed by atoms with E-state index < -0.39 is 5.60 Å². The molecule has 2 aromatic heterocycles. The second-order valence-electron chi connectivity index (χ2n) is 8.98. The monoisotopic (exact) mass is 438 g/mol. The molecule has 0 unspecified atom stereocenters. The molecule has 3 aromatic rings. The van der Waals surface area contributed by atoms with Crippen LogP contribution in [0.2, 0.25) is 0 Å². The largest absolute Gasteiger partial charge is 0.493 e. The summed E-state index contributed by atoms with van der Waals surface area (Å²) in [4.78, 5) is 18.7. The third-order valence-electron chi connectivity index (χ3n) is 5.63. The van der Waals surface area contributed by atoms with Crippen molar-refractivity contribution in [3.8, 4) is 22.8 Å². The molecule has 1 saturated heterocycles. The van der Waals surface area contributed by atoms with Crippen LogP contribution >= 0.6 is 0 Å². The summed E-state index contributed by atoms with van der Waals surface area (Å²) in [6, 6.07) is 9.74. The van der Waals surface area contributed by atoms with Gasteiger partial charge in [-0.3, -0.25) is 0 Å². The summed E-state index contributed by atoms with van der Waals surface area (Å²) in [5, 5.41) is 4.84. The Hall–Kier alpha value is -3.29. The number of amides is 1. The number of benzene rings is 1. The van der Waals surface area contributed by atoms with E-state index in [2.05, 4.69) is 4.98 Å². The first kappa shape index (κ1) is 21.9. The van der Waals surface area contributed by atoms with Gasteiger partial charge in [0.15, 0.2) is 17.1 Å². The molecule has 8 nitrogen and oxygen atoms in total. The van der Waals surface area contributed by atoms with Gasteiger partial charge in [-0.1, -0.05) is 0 Å². The van der Waals surface area contributed by atoms with Gasteiger partial charge in [-0.05, 0) is 57.9 Å². The number of ether oxygens (including phenoxy) is 3. The zero-order valence-corrected chi connectivity index (χ0v) is 19.3. The molecule has 0 bridgehead atoms. The molecule has 0 radical (unpaired) electrons. The summed E-state index contributed by atoms with van der Waals surface area (Å²) in [5.41, 5.74) is 3.16. The van der Waals surface area contributed by atoms with E-state index in [1.807, 2.05) is 61.8 Å². The molecule has 0 spiro atoms. The van der Waals surface area contributed by atoms with E-state index >= 15 is 0 Å². The Morgan fingerprint density at radius 2 is 1.75 bits per heavy atom. The molecule has 4 rings (SSSR count). The molecule has 1 aromatic carbocycles. The van der Waals surface area contributed by atoms with Crippen LogP contribution in [0.5, 0.6) is 11.5 Å². The Morgan fingerprint density at radius 3 is 2.41 bits per heavy atom. The highest BCUT2D eigenvalue weighted by atomic mass is 16.6. The van der Waals surface area contributed by atoms with E-state index in [-0.39, 0.29) is 12.0 Å². The van der Waals surface area contributed by atoms with Crippen molar-refractivity contribution in [2.24, 2.45) is 0 Å². The first-order chi connectivity index (χ1) is 15.3. The van der Waals surface area contributed by atoms with Gasteiger partial charge >= 0.3 is 6.09 Å². The molecule has 0 N–H and O–H groups in total. The topological polar surface area (TPSA) is 78.2 Å². The van der Waals surface area contributed by atoms with Crippen molar-refractivity contribution in [2.45, 2.75) is 45.1 Å². The van der Waals surface area contributed by atoms with E-state index in [4.69, 9.17) is 19.3 Å². The summed E-state index contributed by atoms with van der Waals surface area (Å²) >= 11 is 0. The fourth-order valence-corrected chi connectivity index (χ4v) is 4.04. The summed E-state index contributed by atoms with van der Waals surface area (Å²) in [6.07, 6.45) is 3.28. The van der Waals surface area contributed by atoms with Crippen LogP contribution in [0.15, 0.2) is 36.5 Å². The van der Waals surface area contributed by atoms with Gasteiger partial charge in [0.1, 0.15) is 5.60 Å². The Morgan fingerprint density at radius 1 is 1.03 bits per heavy atom. The molecule has 3 heterocycles. The summed E-state index contributed by atoms with van der Waals surface area (Å²) in [7, 11) is 3.24. The van der Waals surface area contributed by atoms with Gasteiger partial charge in [-0.25, -0.2) is 14.3 Å². The van der Waals surface area contributed by atoms with E-state index in [0.29, 0.717) is 24.6 Å². The predicted octanol–water partition coefficient (Wildman–Crippen LogP) is 4.53. The normalized spacial score (nSPS) is 15.1. The second-order valence-corrected chi connectivity index (χ2v) is 8.98.